The van der Waals surface area contributed by atoms with Crippen LogP contribution in [0.25, 0.3) is 5.76 Å². The number of aryl methyl sites for hydroxylation is 1. The van der Waals surface area contributed by atoms with Crippen molar-refractivity contribution < 1.29 is 28.6 Å². The van der Waals surface area contributed by atoms with Crippen molar-refractivity contribution in [3.8, 4) is 11.5 Å². The lowest BCUT2D eigenvalue weighted by atomic mass is 9.98. The largest absolute Gasteiger partial charge is 0.507 e. The fourth-order valence-electron chi connectivity index (χ4n) is 3.88. The molecule has 1 aliphatic rings. The Morgan fingerprint density at radius 1 is 1.06 bits per heavy atom. The summed E-state index contributed by atoms with van der Waals surface area (Å²) in [5, 5.41) is 12.1. The number of carbonyl (C=O) groups excluding carboxylic acids is 2. The summed E-state index contributed by atoms with van der Waals surface area (Å²) in [6.45, 7) is 1.77. The third kappa shape index (κ3) is 3.83. The summed E-state index contributed by atoms with van der Waals surface area (Å²) in [6.07, 6.45) is 1.43. The third-order valence-electron chi connectivity index (χ3n) is 5.40. The maximum Gasteiger partial charge on any atom is 0.300 e. The van der Waals surface area contributed by atoms with Crippen molar-refractivity contribution in [2.24, 2.45) is 0 Å². The minimum Gasteiger partial charge on any atom is -0.507 e. The van der Waals surface area contributed by atoms with Gasteiger partial charge in [0.25, 0.3) is 11.7 Å². The Kier molecular flexibility index (Phi) is 6.10. The highest BCUT2D eigenvalue weighted by Gasteiger charge is 2.49. The highest BCUT2D eigenvalue weighted by molar-refractivity contribution is 6.51. The molecular weight excluding hydrogens is 469 g/mol. The van der Waals surface area contributed by atoms with Crippen LogP contribution in [-0.2, 0) is 9.59 Å². The van der Waals surface area contributed by atoms with E-state index in [4.69, 9.17) is 37.1 Å². The SMILES string of the molecule is COc1cc(/C(O)=C2\C(=O)C(=O)N(c3ccc(Cl)cc3C)C2c2ccco2)c(OC)cc1Cl. The van der Waals surface area contributed by atoms with Crippen LogP contribution in [0.15, 0.2) is 58.7 Å². The van der Waals surface area contributed by atoms with Crippen molar-refractivity contribution in [3.63, 3.8) is 0 Å². The number of hydrogen-bond donors (Lipinski definition) is 1. The van der Waals surface area contributed by atoms with E-state index in [-0.39, 0.29) is 27.7 Å². The quantitative estimate of drug-likeness (QED) is 0.288. The van der Waals surface area contributed by atoms with Gasteiger partial charge in [0.2, 0.25) is 0 Å². The molecule has 170 valence electrons. The van der Waals surface area contributed by atoms with Gasteiger partial charge >= 0.3 is 0 Å². The molecule has 0 aliphatic carbocycles. The molecule has 33 heavy (non-hydrogen) atoms. The molecule has 1 aliphatic heterocycles. The van der Waals surface area contributed by atoms with E-state index in [9.17, 15) is 14.7 Å². The number of amides is 1. The summed E-state index contributed by atoms with van der Waals surface area (Å²) in [4.78, 5) is 27.7. The standard InChI is InChI=1S/C24H19Cl2NO6/c1-12-9-13(25)6-7-16(12)27-21(17-5-4-8-33-17)20(23(29)24(27)30)22(28)14-10-19(32-3)15(26)11-18(14)31-2/h4-11,21,28H,1-3H3/b22-20+. The fourth-order valence-corrected chi connectivity index (χ4v) is 4.33. The summed E-state index contributed by atoms with van der Waals surface area (Å²) in [5.41, 5.74) is 1.11. The van der Waals surface area contributed by atoms with Crippen LogP contribution in [-0.4, -0.2) is 31.0 Å². The zero-order valence-corrected chi connectivity index (χ0v) is 19.4. The normalized spacial score (nSPS) is 17.5. The van der Waals surface area contributed by atoms with Crippen molar-refractivity contribution in [2.75, 3.05) is 19.1 Å². The Morgan fingerprint density at radius 3 is 2.39 bits per heavy atom. The lowest BCUT2D eigenvalue weighted by molar-refractivity contribution is -0.132. The van der Waals surface area contributed by atoms with E-state index in [0.717, 1.165) is 0 Å². The zero-order valence-electron chi connectivity index (χ0n) is 17.9. The van der Waals surface area contributed by atoms with E-state index in [2.05, 4.69) is 0 Å². The van der Waals surface area contributed by atoms with Crippen molar-refractivity contribution >= 4 is 46.3 Å². The molecule has 9 heteroatoms. The number of furan rings is 1. The molecule has 1 unspecified atom stereocenters. The molecule has 4 rings (SSSR count). The van der Waals surface area contributed by atoms with E-state index >= 15 is 0 Å². The number of hydrogen-bond acceptors (Lipinski definition) is 6. The molecule has 0 radical (unpaired) electrons. The smallest absolute Gasteiger partial charge is 0.300 e. The zero-order chi connectivity index (χ0) is 23.9. The number of ether oxygens (including phenoxy) is 2. The molecule has 0 spiro atoms. The second-order valence-corrected chi connectivity index (χ2v) is 8.15. The number of halogens is 2. The van der Waals surface area contributed by atoms with Gasteiger partial charge in [0.15, 0.2) is 0 Å². The second-order valence-electron chi connectivity index (χ2n) is 7.30. The Bertz CT molecular complexity index is 1280. The first-order valence-corrected chi connectivity index (χ1v) is 10.6. The molecule has 2 heterocycles. The van der Waals surface area contributed by atoms with Gasteiger partial charge in [-0.1, -0.05) is 23.2 Å². The molecule has 1 saturated heterocycles. The molecule has 1 fully saturated rings. The summed E-state index contributed by atoms with van der Waals surface area (Å²) >= 11 is 12.3. The number of nitrogens with zero attached hydrogens (tertiary/aromatic N) is 1. The number of Topliss-reactive ketones (excluding diaryl/α,β-unsaturated/α-hetero) is 1. The predicted octanol–water partition coefficient (Wildman–Crippen LogP) is 5.54. The molecule has 2 aromatic carbocycles. The first-order chi connectivity index (χ1) is 15.8. The van der Waals surface area contributed by atoms with Gasteiger partial charge in [-0.25, -0.2) is 0 Å². The maximum atomic E-state index is 13.2. The number of aliphatic hydroxyl groups is 1. The Hall–Kier alpha value is -3.42. The van der Waals surface area contributed by atoms with Crippen LogP contribution in [0.3, 0.4) is 0 Å². The molecule has 1 amide bonds. The van der Waals surface area contributed by atoms with E-state index < -0.39 is 23.5 Å². The first kappa shape index (κ1) is 22.8. The van der Waals surface area contributed by atoms with E-state index in [1.54, 1.807) is 37.3 Å². The van der Waals surface area contributed by atoms with E-state index in [1.165, 1.54) is 37.5 Å². The minimum absolute atomic E-state index is 0.140. The Morgan fingerprint density at radius 2 is 1.79 bits per heavy atom. The van der Waals surface area contributed by atoms with Gasteiger partial charge in [0.1, 0.15) is 29.1 Å². The second kappa shape index (κ2) is 8.84. The van der Waals surface area contributed by atoms with Crippen LogP contribution in [0, 0.1) is 6.92 Å². The molecule has 7 nitrogen and oxygen atoms in total. The molecular formula is C24H19Cl2NO6. The number of methoxy groups -OCH3 is 2. The summed E-state index contributed by atoms with van der Waals surface area (Å²) in [6, 6.07) is 10.1. The van der Waals surface area contributed by atoms with Crippen LogP contribution in [0.4, 0.5) is 5.69 Å². The van der Waals surface area contributed by atoms with Gasteiger partial charge < -0.3 is 19.0 Å². The van der Waals surface area contributed by atoms with Crippen molar-refractivity contribution in [3.05, 3.63) is 81.2 Å². The van der Waals surface area contributed by atoms with Crippen LogP contribution in [0.1, 0.15) is 22.9 Å². The van der Waals surface area contributed by atoms with Crippen LogP contribution in [0.5, 0.6) is 11.5 Å². The lowest BCUT2D eigenvalue weighted by Gasteiger charge is -2.25. The van der Waals surface area contributed by atoms with Gasteiger partial charge in [0, 0.05) is 16.8 Å². The monoisotopic (exact) mass is 487 g/mol. The Balaban J connectivity index is 1.99. The average Bonchev–Trinajstić information content (AvgIpc) is 3.40. The highest BCUT2D eigenvalue weighted by Crippen LogP contribution is 2.45. The third-order valence-corrected chi connectivity index (χ3v) is 5.93. The summed E-state index contributed by atoms with van der Waals surface area (Å²) in [5.74, 6) is -1.38. The van der Waals surface area contributed by atoms with Gasteiger partial charge in [-0.3, -0.25) is 14.5 Å². The highest BCUT2D eigenvalue weighted by atomic mass is 35.5. The number of benzene rings is 2. The van der Waals surface area contributed by atoms with Crippen LogP contribution in [0.2, 0.25) is 10.0 Å². The topological polar surface area (TPSA) is 89.2 Å². The fraction of sp³-hybridized carbons (Fsp3) is 0.167. The number of carbonyl (C=O) groups is 2. The lowest BCUT2D eigenvalue weighted by Crippen LogP contribution is -2.29. The van der Waals surface area contributed by atoms with Crippen molar-refractivity contribution in [1.29, 1.82) is 0 Å². The number of aliphatic hydroxyl groups excluding tert-OH is 1. The molecule has 1 N–H and O–H groups in total. The molecule has 0 bridgehead atoms. The first-order valence-electron chi connectivity index (χ1n) is 9.81. The van der Waals surface area contributed by atoms with E-state index in [0.29, 0.717) is 22.0 Å². The van der Waals surface area contributed by atoms with Gasteiger partial charge in [-0.05, 0) is 48.9 Å². The number of rotatable bonds is 5. The minimum atomic E-state index is -1.02. The molecule has 1 atom stereocenters. The number of ketones is 1. The van der Waals surface area contributed by atoms with E-state index in [1.807, 2.05) is 0 Å². The number of anilines is 1. The van der Waals surface area contributed by atoms with Crippen molar-refractivity contribution in [2.45, 2.75) is 13.0 Å². The average molecular weight is 488 g/mol. The van der Waals surface area contributed by atoms with Crippen LogP contribution >= 0.6 is 23.2 Å². The van der Waals surface area contributed by atoms with Crippen LogP contribution < -0.4 is 14.4 Å². The molecule has 1 aromatic heterocycles. The van der Waals surface area contributed by atoms with Crippen molar-refractivity contribution in [1.82, 2.24) is 0 Å². The Labute approximate surface area is 199 Å². The molecule has 3 aromatic rings. The van der Waals surface area contributed by atoms with Gasteiger partial charge in [-0.15, -0.1) is 0 Å². The molecule has 0 saturated carbocycles. The summed E-state index contributed by atoms with van der Waals surface area (Å²) in [7, 11) is 2.82. The van der Waals surface area contributed by atoms with Gasteiger partial charge in [-0.2, -0.15) is 0 Å². The van der Waals surface area contributed by atoms with Gasteiger partial charge in [0.05, 0.1) is 36.6 Å². The summed E-state index contributed by atoms with van der Waals surface area (Å²) < 4.78 is 16.2. The maximum absolute atomic E-state index is 13.2. The predicted molar refractivity (Wildman–Crippen MR) is 124 cm³/mol.